The Morgan fingerprint density at radius 2 is 1.79 bits per heavy atom. The Morgan fingerprint density at radius 1 is 0.974 bits per heavy atom. The average Bonchev–Trinajstić information content (AvgIpc) is 3.26. The van der Waals surface area contributed by atoms with Crippen LogP contribution >= 0.6 is 11.8 Å². The number of thioether (sulfide) groups is 1. The smallest absolute Gasteiger partial charge is 0.311 e. The summed E-state index contributed by atoms with van der Waals surface area (Å²) in [7, 11) is 0. The first-order valence-corrected chi connectivity index (χ1v) is 15.0. The van der Waals surface area contributed by atoms with Gasteiger partial charge < -0.3 is 24.4 Å². The molecule has 0 aromatic rings. The highest BCUT2D eigenvalue weighted by Crippen LogP contribution is 2.65. The SMILES string of the molecule is C[C@]12/C=C\CCCOC(=O)[C@H]1[C@H]1C(=O)N(CCCCCO)C3C(=O)N(CCN4CCOCC4)CC=C[C@@]31S2. The van der Waals surface area contributed by atoms with Gasteiger partial charge in [-0.05, 0) is 39.0 Å². The summed E-state index contributed by atoms with van der Waals surface area (Å²) < 4.78 is 9.68. The molecule has 0 saturated carbocycles. The number of cyclic esters (lactones) is 1. The molecule has 2 amide bonds. The monoisotopic (exact) mass is 547 g/mol. The summed E-state index contributed by atoms with van der Waals surface area (Å²) in [6, 6.07) is -0.670. The fourth-order valence-electron chi connectivity index (χ4n) is 6.78. The summed E-state index contributed by atoms with van der Waals surface area (Å²) in [5.74, 6) is -1.82. The summed E-state index contributed by atoms with van der Waals surface area (Å²) in [6.45, 7) is 7.86. The van der Waals surface area contributed by atoms with E-state index in [0.29, 0.717) is 52.3 Å². The van der Waals surface area contributed by atoms with Gasteiger partial charge in [0.1, 0.15) is 6.04 Å². The maximum Gasteiger partial charge on any atom is 0.311 e. The van der Waals surface area contributed by atoms with Crippen LogP contribution in [0.4, 0.5) is 0 Å². The van der Waals surface area contributed by atoms with E-state index in [4.69, 9.17) is 9.47 Å². The van der Waals surface area contributed by atoms with Crippen LogP contribution in [0.3, 0.4) is 0 Å². The van der Waals surface area contributed by atoms with Gasteiger partial charge in [-0.1, -0.05) is 24.3 Å². The van der Waals surface area contributed by atoms with Crippen LogP contribution in [0.2, 0.25) is 0 Å². The lowest BCUT2D eigenvalue weighted by atomic mass is 9.74. The molecule has 0 aromatic carbocycles. The molecule has 0 aliphatic carbocycles. The highest BCUT2D eigenvalue weighted by Gasteiger charge is 2.73. The molecule has 0 bridgehead atoms. The zero-order valence-electron chi connectivity index (χ0n) is 22.4. The molecule has 9 nitrogen and oxygen atoms in total. The van der Waals surface area contributed by atoms with E-state index in [2.05, 4.69) is 23.1 Å². The summed E-state index contributed by atoms with van der Waals surface area (Å²) in [5, 5.41) is 9.24. The number of carbonyl (C=O) groups is 3. The van der Waals surface area contributed by atoms with Gasteiger partial charge in [0.2, 0.25) is 11.8 Å². The van der Waals surface area contributed by atoms with E-state index in [1.807, 2.05) is 17.9 Å². The third-order valence-corrected chi connectivity index (χ3v) is 10.5. The topological polar surface area (TPSA) is 99.6 Å². The van der Waals surface area contributed by atoms with Crippen molar-refractivity contribution < 1.29 is 29.0 Å². The Kier molecular flexibility index (Phi) is 8.52. The van der Waals surface area contributed by atoms with Crippen molar-refractivity contribution in [3.8, 4) is 0 Å². The third-order valence-electron chi connectivity index (χ3n) is 8.68. The minimum absolute atomic E-state index is 0.0405. The minimum atomic E-state index is -0.833. The van der Waals surface area contributed by atoms with Gasteiger partial charge in [-0.15, -0.1) is 11.8 Å². The van der Waals surface area contributed by atoms with E-state index in [9.17, 15) is 19.5 Å². The molecule has 38 heavy (non-hydrogen) atoms. The molecular weight excluding hydrogens is 506 g/mol. The van der Waals surface area contributed by atoms with Crippen molar-refractivity contribution in [3.63, 3.8) is 0 Å². The van der Waals surface area contributed by atoms with Gasteiger partial charge in [0, 0.05) is 50.6 Å². The number of aliphatic hydroxyl groups excluding tert-OH is 1. The first kappa shape index (κ1) is 27.7. The number of allylic oxidation sites excluding steroid dienone is 1. The van der Waals surface area contributed by atoms with Crippen molar-refractivity contribution in [1.29, 1.82) is 0 Å². The predicted octanol–water partition coefficient (Wildman–Crippen LogP) is 1.46. The van der Waals surface area contributed by atoms with Crippen LogP contribution in [0.25, 0.3) is 0 Å². The molecular formula is C28H41N3O6S. The molecule has 5 heterocycles. The lowest BCUT2D eigenvalue weighted by Gasteiger charge is -2.37. The molecule has 1 N–H and O–H groups in total. The number of esters is 1. The molecule has 5 aliphatic heterocycles. The van der Waals surface area contributed by atoms with Crippen LogP contribution in [-0.2, 0) is 23.9 Å². The van der Waals surface area contributed by atoms with Gasteiger partial charge in [-0.2, -0.15) is 0 Å². The lowest BCUT2D eigenvalue weighted by Crippen LogP contribution is -2.54. The summed E-state index contributed by atoms with van der Waals surface area (Å²) in [4.78, 5) is 48.0. The standard InChI is InChI=1S/C28H41N3O6S/c1-27-9-4-2-7-18-37-26(35)22(27)21-24(33)31(12-5-3-6-17-32)23-25(34)30(11-8-10-28(21,23)38-27)14-13-29-15-19-36-20-16-29/h4,8-10,21-23,32H,2-3,5-7,11-20H2,1H3/b9-4-/t21-,22+,23?,27-,28-/m0/s1. The van der Waals surface area contributed by atoms with E-state index < -0.39 is 27.4 Å². The fraction of sp³-hybridized carbons (Fsp3) is 0.750. The number of morpholine rings is 1. The van der Waals surface area contributed by atoms with E-state index in [1.54, 1.807) is 16.7 Å². The largest absolute Gasteiger partial charge is 0.465 e. The molecule has 0 aromatic heterocycles. The zero-order valence-corrected chi connectivity index (χ0v) is 23.2. The van der Waals surface area contributed by atoms with Crippen molar-refractivity contribution in [2.24, 2.45) is 11.8 Å². The number of amides is 2. The van der Waals surface area contributed by atoms with Crippen LogP contribution in [0.5, 0.6) is 0 Å². The second-order valence-corrected chi connectivity index (χ2v) is 13.0. The number of unbranched alkanes of at least 4 members (excludes halogenated alkanes) is 2. The van der Waals surface area contributed by atoms with E-state index in [1.165, 1.54) is 0 Å². The zero-order chi connectivity index (χ0) is 26.8. The molecule has 3 saturated heterocycles. The number of carbonyl (C=O) groups excluding carboxylic acids is 3. The maximum atomic E-state index is 14.3. The second kappa shape index (κ2) is 11.7. The maximum absolute atomic E-state index is 14.3. The van der Waals surface area contributed by atoms with Crippen LogP contribution in [0.15, 0.2) is 24.3 Å². The molecule has 5 atom stereocenters. The van der Waals surface area contributed by atoms with Gasteiger partial charge in [0.15, 0.2) is 0 Å². The molecule has 210 valence electrons. The van der Waals surface area contributed by atoms with Crippen molar-refractivity contribution in [1.82, 2.24) is 14.7 Å². The Morgan fingerprint density at radius 3 is 2.58 bits per heavy atom. The molecule has 1 spiro atoms. The van der Waals surface area contributed by atoms with Crippen LogP contribution < -0.4 is 0 Å². The third kappa shape index (κ3) is 5.05. The number of ether oxygens (including phenoxy) is 2. The number of rotatable bonds is 8. The van der Waals surface area contributed by atoms with Crippen LogP contribution in [-0.4, -0.2) is 119 Å². The van der Waals surface area contributed by atoms with Gasteiger partial charge in [-0.3, -0.25) is 19.3 Å². The first-order chi connectivity index (χ1) is 18.4. The van der Waals surface area contributed by atoms with Crippen molar-refractivity contribution >= 4 is 29.5 Å². The molecule has 0 radical (unpaired) electrons. The summed E-state index contributed by atoms with van der Waals surface area (Å²) in [6.07, 6.45) is 12.0. The average molecular weight is 548 g/mol. The highest BCUT2D eigenvalue weighted by atomic mass is 32.2. The number of nitrogens with zero attached hydrogens (tertiary/aromatic N) is 3. The predicted molar refractivity (Wildman–Crippen MR) is 144 cm³/mol. The number of hydrogen-bond acceptors (Lipinski definition) is 8. The van der Waals surface area contributed by atoms with Gasteiger partial charge in [-0.25, -0.2) is 0 Å². The van der Waals surface area contributed by atoms with Crippen molar-refractivity contribution in [2.75, 3.05) is 65.7 Å². The summed E-state index contributed by atoms with van der Waals surface area (Å²) in [5.41, 5.74) is 0. The molecule has 3 fully saturated rings. The fourth-order valence-corrected chi connectivity index (χ4v) is 8.93. The number of likely N-dealkylation sites (tertiary alicyclic amines) is 1. The van der Waals surface area contributed by atoms with E-state index in [0.717, 1.165) is 38.9 Å². The Labute approximate surface area is 229 Å². The minimum Gasteiger partial charge on any atom is -0.465 e. The number of aliphatic hydroxyl groups is 1. The normalized spacial score (nSPS) is 36.6. The van der Waals surface area contributed by atoms with Gasteiger partial charge in [0.25, 0.3) is 0 Å². The van der Waals surface area contributed by atoms with Gasteiger partial charge in [0.05, 0.1) is 36.4 Å². The molecule has 1 unspecified atom stereocenters. The van der Waals surface area contributed by atoms with E-state index in [-0.39, 0.29) is 24.4 Å². The van der Waals surface area contributed by atoms with Crippen molar-refractivity contribution in [3.05, 3.63) is 24.3 Å². The van der Waals surface area contributed by atoms with Gasteiger partial charge >= 0.3 is 5.97 Å². The second-order valence-electron chi connectivity index (χ2n) is 11.2. The molecule has 5 rings (SSSR count). The van der Waals surface area contributed by atoms with E-state index >= 15 is 0 Å². The highest BCUT2D eigenvalue weighted by molar-refractivity contribution is 8.02. The molecule has 5 aliphatic rings. The lowest BCUT2D eigenvalue weighted by molar-refractivity contribution is -0.154. The van der Waals surface area contributed by atoms with Crippen molar-refractivity contribution in [2.45, 2.75) is 54.6 Å². The number of fused-ring (bicyclic) bond motifs is 2. The number of hydrogen-bond donors (Lipinski definition) is 1. The quantitative estimate of drug-likeness (QED) is 0.277. The van der Waals surface area contributed by atoms with Crippen LogP contribution in [0, 0.1) is 11.8 Å². The Hall–Kier alpha value is -1.88. The first-order valence-electron chi connectivity index (χ1n) is 14.1. The Bertz CT molecular complexity index is 968. The Balaban J connectivity index is 1.47. The molecule has 10 heteroatoms. The summed E-state index contributed by atoms with van der Waals surface area (Å²) >= 11 is 1.60. The van der Waals surface area contributed by atoms with Crippen LogP contribution in [0.1, 0.15) is 39.0 Å².